The summed E-state index contributed by atoms with van der Waals surface area (Å²) >= 11 is 1.41. The monoisotopic (exact) mass is 421 g/mol. The predicted molar refractivity (Wildman–Crippen MR) is 120 cm³/mol. The van der Waals surface area contributed by atoms with E-state index in [-0.39, 0.29) is 11.2 Å². The third-order valence-corrected chi connectivity index (χ3v) is 6.30. The Morgan fingerprint density at radius 1 is 1.07 bits per heavy atom. The molecule has 1 saturated heterocycles. The smallest absolute Gasteiger partial charge is 0.235 e. The lowest BCUT2D eigenvalue weighted by Crippen LogP contribution is -2.50. The number of amides is 1. The van der Waals surface area contributed by atoms with Gasteiger partial charge in [-0.25, -0.2) is 4.98 Å². The molecular formula is C23H27N5OS. The van der Waals surface area contributed by atoms with Gasteiger partial charge in [-0.3, -0.25) is 14.8 Å². The Balaban J connectivity index is 1.29. The Morgan fingerprint density at radius 3 is 2.47 bits per heavy atom. The molecule has 0 unspecified atom stereocenters. The van der Waals surface area contributed by atoms with Gasteiger partial charge in [0, 0.05) is 38.3 Å². The first kappa shape index (κ1) is 20.6. The van der Waals surface area contributed by atoms with Crippen molar-refractivity contribution in [1.82, 2.24) is 25.0 Å². The van der Waals surface area contributed by atoms with Crippen molar-refractivity contribution in [3.63, 3.8) is 0 Å². The van der Waals surface area contributed by atoms with Crippen LogP contribution in [0.4, 0.5) is 0 Å². The van der Waals surface area contributed by atoms with Crippen molar-refractivity contribution in [3.8, 4) is 11.4 Å². The molecule has 1 amide bonds. The Hall–Kier alpha value is -2.64. The van der Waals surface area contributed by atoms with Crippen LogP contribution in [-0.4, -0.2) is 62.3 Å². The summed E-state index contributed by atoms with van der Waals surface area (Å²) in [6.45, 7) is 8.25. The summed E-state index contributed by atoms with van der Waals surface area (Å²) in [5, 5.41) is 7.66. The van der Waals surface area contributed by atoms with Gasteiger partial charge in [0.05, 0.1) is 5.25 Å². The number of aromatic nitrogens is 3. The molecule has 2 heterocycles. The van der Waals surface area contributed by atoms with Crippen LogP contribution in [-0.2, 0) is 11.3 Å². The Morgan fingerprint density at radius 2 is 1.77 bits per heavy atom. The molecule has 6 nitrogen and oxygen atoms in total. The van der Waals surface area contributed by atoms with Crippen LogP contribution < -0.4 is 0 Å². The van der Waals surface area contributed by atoms with Crippen LogP contribution in [0.1, 0.15) is 18.1 Å². The van der Waals surface area contributed by atoms with Crippen molar-refractivity contribution in [2.75, 3.05) is 26.2 Å². The normalized spacial score (nSPS) is 15.9. The van der Waals surface area contributed by atoms with Crippen molar-refractivity contribution < 1.29 is 4.79 Å². The van der Waals surface area contributed by atoms with E-state index in [9.17, 15) is 4.79 Å². The minimum absolute atomic E-state index is 0.154. The van der Waals surface area contributed by atoms with E-state index in [1.807, 2.05) is 42.2 Å². The van der Waals surface area contributed by atoms with Gasteiger partial charge in [-0.1, -0.05) is 71.9 Å². The standard InChI is InChI=1S/C23H27N5OS/c1-17-8-10-20(11-9-17)21-24-23(26-25-21)30-18(2)22(29)28-14-12-27(13-15-28)16-19-6-4-3-5-7-19/h3-11,18H,12-16H2,1-2H3,(H,24,25,26)/t18-/m1/s1. The molecule has 1 fully saturated rings. The average molecular weight is 422 g/mol. The zero-order chi connectivity index (χ0) is 20.9. The maximum atomic E-state index is 12.9. The zero-order valence-corrected chi connectivity index (χ0v) is 18.2. The van der Waals surface area contributed by atoms with Gasteiger partial charge in [0.25, 0.3) is 0 Å². The molecule has 0 saturated carbocycles. The van der Waals surface area contributed by atoms with Crippen LogP contribution in [0.2, 0.25) is 0 Å². The third-order valence-electron chi connectivity index (χ3n) is 5.35. The van der Waals surface area contributed by atoms with Crippen molar-refractivity contribution in [3.05, 3.63) is 65.7 Å². The minimum Gasteiger partial charge on any atom is -0.339 e. The summed E-state index contributed by atoms with van der Waals surface area (Å²) in [5.74, 6) is 0.882. The summed E-state index contributed by atoms with van der Waals surface area (Å²) in [4.78, 5) is 21.8. The fourth-order valence-electron chi connectivity index (χ4n) is 3.57. The molecular weight excluding hydrogens is 394 g/mol. The average Bonchev–Trinajstić information content (AvgIpc) is 3.23. The maximum absolute atomic E-state index is 12.9. The van der Waals surface area contributed by atoms with E-state index in [2.05, 4.69) is 51.3 Å². The number of carbonyl (C=O) groups is 1. The molecule has 1 aliphatic heterocycles. The number of carbonyl (C=O) groups excluding carboxylic acids is 1. The van der Waals surface area contributed by atoms with Gasteiger partial charge in [-0.2, -0.15) is 0 Å². The van der Waals surface area contributed by atoms with E-state index in [0.29, 0.717) is 5.16 Å². The molecule has 0 bridgehead atoms. The second-order valence-electron chi connectivity index (χ2n) is 7.68. The molecule has 1 N–H and O–H groups in total. The van der Waals surface area contributed by atoms with Gasteiger partial charge in [-0.05, 0) is 19.4 Å². The lowest BCUT2D eigenvalue weighted by molar-refractivity contribution is -0.132. The van der Waals surface area contributed by atoms with Gasteiger partial charge in [0.1, 0.15) is 0 Å². The summed E-state index contributed by atoms with van der Waals surface area (Å²) < 4.78 is 0. The number of H-pyrrole nitrogens is 1. The summed E-state index contributed by atoms with van der Waals surface area (Å²) in [6, 6.07) is 18.6. The van der Waals surface area contributed by atoms with Gasteiger partial charge in [0.15, 0.2) is 5.82 Å². The van der Waals surface area contributed by atoms with E-state index in [0.717, 1.165) is 44.1 Å². The minimum atomic E-state index is -0.215. The molecule has 0 spiro atoms. The third kappa shape index (κ3) is 5.09. The van der Waals surface area contributed by atoms with Gasteiger partial charge >= 0.3 is 0 Å². The van der Waals surface area contributed by atoms with E-state index < -0.39 is 0 Å². The number of piperazine rings is 1. The lowest BCUT2D eigenvalue weighted by atomic mass is 10.1. The Labute approximate surface area is 181 Å². The van der Waals surface area contributed by atoms with Crippen LogP contribution in [0.3, 0.4) is 0 Å². The number of aryl methyl sites for hydroxylation is 1. The number of thioether (sulfide) groups is 1. The number of aromatic amines is 1. The van der Waals surface area contributed by atoms with Crippen molar-refractivity contribution in [1.29, 1.82) is 0 Å². The van der Waals surface area contributed by atoms with E-state index >= 15 is 0 Å². The molecule has 0 radical (unpaired) electrons. The van der Waals surface area contributed by atoms with Gasteiger partial charge in [-0.15, -0.1) is 5.10 Å². The second kappa shape index (κ2) is 9.45. The van der Waals surface area contributed by atoms with Crippen molar-refractivity contribution in [2.24, 2.45) is 0 Å². The number of nitrogens with zero attached hydrogens (tertiary/aromatic N) is 4. The van der Waals surface area contributed by atoms with Crippen LogP contribution >= 0.6 is 11.8 Å². The van der Waals surface area contributed by atoms with Crippen LogP contribution in [0, 0.1) is 6.92 Å². The molecule has 156 valence electrons. The number of nitrogens with one attached hydrogen (secondary N) is 1. The quantitative estimate of drug-likeness (QED) is 0.616. The fraction of sp³-hybridized carbons (Fsp3) is 0.348. The van der Waals surface area contributed by atoms with Gasteiger partial charge in [0.2, 0.25) is 11.1 Å². The molecule has 2 aromatic carbocycles. The number of hydrogen-bond acceptors (Lipinski definition) is 5. The lowest BCUT2D eigenvalue weighted by Gasteiger charge is -2.35. The first-order valence-electron chi connectivity index (χ1n) is 10.3. The second-order valence-corrected chi connectivity index (χ2v) is 8.99. The predicted octanol–water partition coefficient (Wildman–Crippen LogP) is 3.61. The highest BCUT2D eigenvalue weighted by molar-refractivity contribution is 8.00. The summed E-state index contributed by atoms with van der Waals surface area (Å²) in [5.41, 5.74) is 3.51. The fourth-order valence-corrected chi connectivity index (χ4v) is 4.38. The van der Waals surface area contributed by atoms with Crippen molar-refractivity contribution >= 4 is 17.7 Å². The van der Waals surface area contributed by atoms with Crippen LogP contribution in [0.15, 0.2) is 59.8 Å². The largest absolute Gasteiger partial charge is 0.339 e. The number of rotatable bonds is 6. The number of hydrogen-bond donors (Lipinski definition) is 1. The summed E-state index contributed by atoms with van der Waals surface area (Å²) in [7, 11) is 0. The first-order valence-corrected chi connectivity index (χ1v) is 11.2. The van der Waals surface area contributed by atoms with Crippen molar-refractivity contribution in [2.45, 2.75) is 30.8 Å². The molecule has 3 aromatic rings. The summed E-state index contributed by atoms with van der Waals surface area (Å²) in [6.07, 6.45) is 0. The highest BCUT2D eigenvalue weighted by Gasteiger charge is 2.26. The molecule has 1 aliphatic rings. The van der Waals surface area contributed by atoms with Gasteiger partial charge < -0.3 is 4.90 Å². The van der Waals surface area contributed by atoms with E-state index in [4.69, 9.17) is 0 Å². The highest BCUT2D eigenvalue weighted by Crippen LogP contribution is 2.24. The Bertz CT molecular complexity index is 965. The molecule has 4 rings (SSSR count). The first-order chi connectivity index (χ1) is 14.6. The molecule has 30 heavy (non-hydrogen) atoms. The topological polar surface area (TPSA) is 65.1 Å². The molecule has 1 aromatic heterocycles. The molecule has 7 heteroatoms. The molecule has 1 atom stereocenters. The van der Waals surface area contributed by atoms with Crippen LogP contribution in [0.5, 0.6) is 0 Å². The SMILES string of the molecule is Cc1ccc(-c2nc(S[C@H](C)C(=O)N3CCN(Cc4ccccc4)CC3)n[nH]2)cc1. The van der Waals surface area contributed by atoms with Crippen LogP contribution in [0.25, 0.3) is 11.4 Å². The maximum Gasteiger partial charge on any atom is 0.235 e. The molecule has 0 aliphatic carbocycles. The van der Waals surface area contributed by atoms with E-state index in [1.165, 1.54) is 22.9 Å². The Kier molecular flexibility index (Phi) is 6.50. The zero-order valence-electron chi connectivity index (χ0n) is 17.4. The van der Waals surface area contributed by atoms with E-state index in [1.54, 1.807) is 0 Å². The number of benzene rings is 2. The highest BCUT2D eigenvalue weighted by atomic mass is 32.2.